The number of aliphatic carboxylic acids is 1. The van der Waals surface area contributed by atoms with Crippen molar-refractivity contribution in [3.63, 3.8) is 0 Å². The van der Waals surface area contributed by atoms with Gasteiger partial charge in [-0.25, -0.2) is 0 Å². The largest absolute Gasteiger partial charge is 0.481 e. The van der Waals surface area contributed by atoms with Crippen LogP contribution in [0.4, 0.5) is 0 Å². The van der Waals surface area contributed by atoms with E-state index in [4.69, 9.17) is 5.11 Å². The Bertz CT molecular complexity index is 341. The highest BCUT2D eigenvalue weighted by atomic mass is 32.2. The van der Waals surface area contributed by atoms with Crippen LogP contribution in [0.15, 0.2) is 0 Å². The second-order valence-corrected chi connectivity index (χ2v) is 5.77. The molecule has 0 aromatic rings. The number of carboxylic acids is 1. The summed E-state index contributed by atoms with van der Waals surface area (Å²) in [6, 6.07) is 0. The molecule has 0 atom stereocenters. The highest BCUT2D eigenvalue weighted by Crippen LogP contribution is 2.10. The van der Waals surface area contributed by atoms with Crippen molar-refractivity contribution >= 4 is 29.5 Å². The summed E-state index contributed by atoms with van der Waals surface area (Å²) in [5.41, 5.74) is 0. The molecule has 6 nitrogen and oxygen atoms in total. The monoisotopic (exact) mass is 302 g/mol. The van der Waals surface area contributed by atoms with Crippen LogP contribution in [0.5, 0.6) is 0 Å². The van der Waals surface area contributed by atoms with Crippen molar-refractivity contribution in [3.05, 3.63) is 0 Å². The molecule has 0 bridgehead atoms. The SMILES string of the molecule is O=C(O)CSCC(=O)NCCC(=O)N1CCCCCC1. The molecule has 2 N–H and O–H groups in total. The topological polar surface area (TPSA) is 86.7 Å². The lowest BCUT2D eigenvalue weighted by Crippen LogP contribution is -2.35. The van der Waals surface area contributed by atoms with E-state index in [1.165, 1.54) is 12.8 Å². The van der Waals surface area contributed by atoms with Gasteiger partial charge in [-0.3, -0.25) is 14.4 Å². The number of nitrogens with one attached hydrogen (secondary N) is 1. The molecule has 1 fully saturated rings. The Morgan fingerprint density at radius 1 is 1.05 bits per heavy atom. The number of hydrogen-bond donors (Lipinski definition) is 2. The van der Waals surface area contributed by atoms with Crippen LogP contribution in [0.2, 0.25) is 0 Å². The number of carboxylic acid groups (broad SMARTS) is 1. The second-order valence-electron chi connectivity index (χ2n) is 4.78. The molecule has 1 aliphatic heterocycles. The van der Waals surface area contributed by atoms with Gasteiger partial charge in [0.15, 0.2) is 0 Å². The van der Waals surface area contributed by atoms with Gasteiger partial charge in [0.25, 0.3) is 0 Å². The third-order valence-electron chi connectivity index (χ3n) is 3.08. The zero-order chi connectivity index (χ0) is 14.8. The summed E-state index contributed by atoms with van der Waals surface area (Å²) in [7, 11) is 0. The predicted molar refractivity (Wildman–Crippen MR) is 77.6 cm³/mol. The Morgan fingerprint density at radius 2 is 1.70 bits per heavy atom. The van der Waals surface area contributed by atoms with Crippen LogP contribution in [0.3, 0.4) is 0 Å². The fraction of sp³-hybridized carbons (Fsp3) is 0.769. The van der Waals surface area contributed by atoms with E-state index in [1.807, 2.05) is 4.90 Å². The molecule has 0 unspecified atom stereocenters. The van der Waals surface area contributed by atoms with Crippen molar-refractivity contribution < 1.29 is 19.5 Å². The maximum absolute atomic E-state index is 11.9. The number of thioether (sulfide) groups is 1. The van der Waals surface area contributed by atoms with E-state index in [-0.39, 0.29) is 23.3 Å². The molecule has 0 radical (unpaired) electrons. The minimum Gasteiger partial charge on any atom is -0.481 e. The number of amides is 2. The first-order chi connectivity index (χ1) is 9.59. The average Bonchev–Trinajstić information content (AvgIpc) is 2.67. The molecule has 1 saturated heterocycles. The first kappa shape index (κ1) is 16.8. The Kier molecular flexibility index (Phi) is 8.10. The number of likely N-dealkylation sites (tertiary alicyclic amines) is 1. The average molecular weight is 302 g/mol. The molecule has 0 aliphatic carbocycles. The van der Waals surface area contributed by atoms with Gasteiger partial charge in [-0.15, -0.1) is 11.8 Å². The number of nitrogens with zero attached hydrogens (tertiary/aromatic N) is 1. The molecule has 114 valence electrons. The summed E-state index contributed by atoms with van der Waals surface area (Å²) in [6.07, 6.45) is 4.80. The molecule has 20 heavy (non-hydrogen) atoms. The molecule has 1 rings (SSSR count). The third-order valence-corrected chi connectivity index (χ3v) is 4.00. The van der Waals surface area contributed by atoms with Gasteiger partial charge in [-0.1, -0.05) is 12.8 Å². The zero-order valence-electron chi connectivity index (χ0n) is 11.6. The van der Waals surface area contributed by atoms with Crippen molar-refractivity contribution in [2.45, 2.75) is 32.1 Å². The van der Waals surface area contributed by atoms with E-state index in [0.29, 0.717) is 13.0 Å². The van der Waals surface area contributed by atoms with Gasteiger partial charge in [0.05, 0.1) is 11.5 Å². The van der Waals surface area contributed by atoms with E-state index in [9.17, 15) is 14.4 Å². The van der Waals surface area contributed by atoms with Crippen molar-refractivity contribution in [1.82, 2.24) is 10.2 Å². The van der Waals surface area contributed by atoms with Crippen LogP contribution in [-0.2, 0) is 14.4 Å². The van der Waals surface area contributed by atoms with Gasteiger partial charge >= 0.3 is 5.97 Å². The Hall–Kier alpha value is -1.24. The van der Waals surface area contributed by atoms with Crippen LogP contribution >= 0.6 is 11.8 Å². The van der Waals surface area contributed by atoms with E-state index < -0.39 is 5.97 Å². The minimum atomic E-state index is -0.931. The normalized spacial score (nSPS) is 15.5. The fourth-order valence-electron chi connectivity index (χ4n) is 2.07. The first-order valence-corrected chi connectivity index (χ1v) is 8.09. The standard InChI is InChI=1S/C13H22N2O4S/c16-11(9-20-10-13(18)19)14-6-5-12(17)15-7-3-1-2-4-8-15/h1-10H2,(H,14,16)(H,18,19). The molecular weight excluding hydrogens is 280 g/mol. The fourth-order valence-corrected chi connectivity index (χ4v) is 2.63. The summed E-state index contributed by atoms with van der Waals surface area (Å²) >= 11 is 1.05. The minimum absolute atomic E-state index is 0.0832. The van der Waals surface area contributed by atoms with Crippen LogP contribution in [0, 0.1) is 0 Å². The number of carbonyl (C=O) groups is 3. The van der Waals surface area contributed by atoms with Gasteiger partial charge in [0.2, 0.25) is 11.8 Å². The lowest BCUT2D eigenvalue weighted by atomic mass is 10.2. The molecule has 7 heteroatoms. The highest BCUT2D eigenvalue weighted by Gasteiger charge is 2.15. The van der Waals surface area contributed by atoms with E-state index >= 15 is 0 Å². The number of carbonyl (C=O) groups excluding carboxylic acids is 2. The van der Waals surface area contributed by atoms with Gasteiger partial charge in [-0.05, 0) is 12.8 Å². The summed E-state index contributed by atoms with van der Waals surface area (Å²) < 4.78 is 0. The molecule has 1 aliphatic rings. The van der Waals surface area contributed by atoms with Gasteiger partial charge in [0.1, 0.15) is 0 Å². The molecule has 1 heterocycles. The summed E-state index contributed by atoms with van der Waals surface area (Å²) in [6.45, 7) is 1.96. The van der Waals surface area contributed by atoms with Crippen LogP contribution < -0.4 is 5.32 Å². The van der Waals surface area contributed by atoms with Crippen molar-refractivity contribution in [2.75, 3.05) is 31.1 Å². The Morgan fingerprint density at radius 3 is 2.30 bits per heavy atom. The van der Waals surface area contributed by atoms with E-state index in [2.05, 4.69) is 5.32 Å². The quantitative estimate of drug-likeness (QED) is 0.723. The highest BCUT2D eigenvalue weighted by molar-refractivity contribution is 8.00. The van der Waals surface area contributed by atoms with Crippen molar-refractivity contribution in [1.29, 1.82) is 0 Å². The Labute approximate surface area is 123 Å². The smallest absolute Gasteiger partial charge is 0.313 e. The van der Waals surface area contributed by atoms with E-state index in [1.54, 1.807) is 0 Å². The first-order valence-electron chi connectivity index (χ1n) is 6.93. The number of hydrogen-bond acceptors (Lipinski definition) is 4. The predicted octanol–water partition coefficient (Wildman–Crippen LogP) is 0.713. The lowest BCUT2D eigenvalue weighted by Gasteiger charge is -2.20. The molecule has 0 aromatic carbocycles. The van der Waals surface area contributed by atoms with Crippen molar-refractivity contribution in [2.24, 2.45) is 0 Å². The summed E-state index contributed by atoms with van der Waals surface area (Å²) in [4.78, 5) is 35.5. The summed E-state index contributed by atoms with van der Waals surface area (Å²) in [5, 5.41) is 11.1. The summed E-state index contributed by atoms with van der Waals surface area (Å²) in [5.74, 6) is -1.03. The lowest BCUT2D eigenvalue weighted by molar-refractivity contribution is -0.134. The molecule has 0 aromatic heterocycles. The Balaban J connectivity index is 2.11. The third kappa shape index (κ3) is 7.37. The van der Waals surface area contributed by atoms with E-state index in [0.717, 1.165) is 37.7 Å². The molecule has 2 amide bonds. The van der Waals surface area contributed by atoms with Crippen molar-refractivity contribution in [3.8, 4) is 0 Å². The van der Waals surface area contributed by atoms with Gasteiger partial charge < -0.3 is 15.3 Å². The molecule has 0 saturated carbocycles. The maximum Gasteiger partial charge on any atom is 0.313 e. The molecular formula is C13H22N2O4S. The maximum atomic E-state index is 11.9. The molecule has 0 spiro atoms. The zero-order valence-corrected chi connectivity index (χ0v) is 12.4. The van der Waals surface area contributed by atoms with Crippen LogP contribution in [0.1, 0.15) is 32.1 Å². The van der Waals surface area contributed by atoms with Crippen LogP contribution in [0.25, 0.3) is 0 Å². The second kappa shape index (κ2) is 9.63. The number of rotatable bonds is 7. The van der Waals surface area contributed by atoms with Gasteiger partial charge in [0, 0.05) is 26.1 Å². The van der Waals surface area contributed by atoms with Crippen LogP contribution in [-0.4, -0.2) is 58.9 Å². The van der Waals surface area contributed by atoms with Gasteiger partial charge in [-0.2, -0.15) is 0 Å².